The fourth-order valence-electron chi connectivity index (χ4n) is 1.88. The van der Waals surface area contributed by atoms with Gasteiger partial charge in [0.15, 0.2) is 6.10 Å². The summed E-state index contributed by atoms with van der Waals surface area (Å²) < 4.78 is 5.21. The van der Waals surface area contributed by atoms with E-state index in [9.17, 15) is 9.59 Å². The molecule has 1 atom stereocenters. The zero-order chi connectivity index (χ0) is 13.8. The number of halogens is 1. The summed E-state index contributed by atoms with van der Waals surface area (Å²) in [7, 11) is 0. The lowest BCUT2D eigenvalue weighted by Gasteiger charge is -2.14. The van der Waals surface area contributed by atoms with Gasteiger partial charge in [-0.3, -0.25) is 4.79 Å². The van der Waals surface area contributed by atoms with Crippen molar-refractivity contribution in [2.45, 2.75) is 25.4 Å². The molecule has 5 nitrogen and oxygen atoms in total. The summed E-state index contributed by atoms with van der Waals surface area (Å²) in [6.45, 7) is 0.626. The summed E-state index contributed by atoms with van der Waals surface area (Å²) in [5, 5.41) is 3.00. The molecule has 1 heterocycles. The Morgan fingerprint density at radius 1 is 1.42 bits per heavy atom. The molecule has 102 valence electrons. The molecule has 0 aromatic heterocycles. The van der Waals surface area contributed by atoms with Gasteiger partial charge in [0, 0.05) is 6.54 Å². The van der Waals surface area contributed by atoms with Gasteiger partial charge in [0.1, 0.15) is 0 Å². The van der Waals surface area contributed by atoms with Gasteiger partial charge < -0.3 is 15.8 Å². The van der Waals surface area contributed by atoms with Gasteiger partial charge >= 0.3 is 5.97 Å². The second-order valence-electron chi connectivity index (χ2n) is 4.42. The van der Waals surface area contributed by atoms with Crippen molar-refractivity contribution in [1.82, 2.24) is 5.32 Å². The molecule has 0 saturated carbocycles. The van der Waals surface area contributed by atoms with Crippen LogP contribution >= 0.6 is 11.6 Å². The minimum atomic E-state index is -0.730. The van der Waals surface area contributed by atoms with Crippen LogP contribution in [0.15, 0.2) is 18.2 Å². The van der Waals surface area contributed by atoms with E-state index in [4.69, 9.17) is 22.1 Å². The Kier molecular flexibility index (Phi) is 4.27. The van der Waals surface area contributed by atoms with E-state index in [1.807, 2.05) is 0 Å². The number of esters is 1. The van der Waals surface area contributed by atoms with Crippen molar-refractivity contribution < 1.29 is 14.3 Å². The zero-order valence-electron chi connectivity index (χ0n) is 10.3. The molecule has 19 heavy (non-hydrogen) atoms. The van der Waals surface area contributed by atoms with E-state index in [2.05, 4.69) is 5.32 Å². The first-order valence-corrected chi connectivity index (χ1v) is 6.49. The van der Waals surface area contributed by atoms with Gasteiger partial charge in [-0.2, -0.15) is 0 Å². The summed E-state index contributed by atoms with van der Waals surface area (Å²) in [5.74, 6) is -0.809. The number of rotatable bonds is 2. The average molecular weight is 283 g/mol. The SMILES string of the molecule is Nc1ccc(C(=O)OC2CCCCNC2=O)cc1Cl. The second kappa shape index (κ2) is 5.93. The lowest BCUT2D eigenvalue weighted by Crippen LogP contribution is -2.36. The number of anilines is 1. The summed E-state index contributed by atoms with van der Waals surface area (Å²) in [6, 6.07) is 4.50. The highest BCUT2D eigenvalue weighted by atomic mass is 35.5. The predicted molar refractivity (Wildman–Crippen MR) is 71.9 cm³/mol. The Bertz CT molecular complexity index is 505. The molecule has 0 radical (unpaired) electrons. The van der Waals surface area contributed by atoms with Crippen LogP contribution in [0.2, 0.25) is 5.02 Å². The number of amides is 1. The molecule has 1 unspecified atom stereocenters. The number of nitrogen functional groups attached to an aromatic ring is 1. The minimum absolute atomic E-state index is 0.243. The predicted octanol–water partition coefficient (Wildman–Crippen LogP) is 1.75. The molecule has 0 spiro atoms. The molecule has 0 aliphatic carbocycles. The summed E-state index contributed by atoms with van der Waals surface area (Å²) in [4.78, 5) is 23.6. The van der Waals surface area contributed by atoms with Crippen LogP contribution in [0.25, 0.3) is 0 Å². The number of carbonyl (C=O) groups is 2. The van der Waals surface area contributed by atoms with Crippen molar-refractivity contribution in [3.05, 3.63) is 28.8 Å². The van der Waals surface area contributed by atoms with Gasteiger partial charge in [0.2, 0.25) is 0 Å². The first kappa shape index (κ1) is 13.7. The molecule has 0 bridgehead atoms. The van der Waals surface area contributed by atoms with Crippen molar-refractivity contribution >= 4 is 29.2 Å². The zero-order valence-corrected chi connectivity index (χ0v) is 11.1. The number of benzene rings is 1. The van der Waals surface area contributed by atoms with Gasteiger partial charge in [-0.25, -0.2) is 4.79 Å². The van der Waals surface area contributed by atoms with Crippen LogP contribution in [0.1, 0.15) is 29.6 Å². The van der Waals surface area contributed by atoms with Crippen LogP contribution in [-0.4, -0.2) is 24.5 Å². The largest absolute Gasteiger partial charge is 0.449 e. The van der Waals surface area contributed by atoms with E-state index >= 15 is 0 Å². The van der Waals surface area contributed by atoms with Crippen molar-refractivity contribution in [3.63, 3.8) is 0 Å². The molecule has 3 N–H and O–H groups in total. The Morgan fingerprint density at radius 2 is 2.21 bits per heavy atom. The van der Waals surface area contributed by atoms with Crippen LogP contribution in [0, 0.1) is 0 Å². The van der Waals surface area contributed by atoms with Crippen LogP contribution in [0.3, 0.4) is 0 Å². The smallest absolute Gasteiger partial charge is 0.338 e. The molecule has 1 aromatic rings. The third-order valence-electron chi connectivity index (χ3n) is 2.97. The molecule has 1 fully saturated rings. The summed E-state index contributed by atoms with van der Waals surface area (Å²) in [6.07, 6.45) is 1.55. The van der Waals surface area contributed by atoms with E-state index < -0.39 is 12.1 Å². The van der Waals surface area contributed by atoms with Gasteiger partial charge in [-0.1, -0.05) is 11.6 Å². The van der Waals surface area contributed by atoms with Gasteiger partial charge in [-0.05, 0) is 37.5 Å². The molecule has 1 saturated heterocycles. The quantitative estimate of drug-likeness (QED) is 0.639. The minimum Gasteiger partial charge on any atom is -0.449 e. The van der Waals surface area contributed by atoms with E-state index in [0.29, 0.717) is 23.7 Å². The highest BCUT2D eigenvalue weighted by molar-refractivity contribution is 6.33. The van der Waals surface area contributed by atoms with Gasteiger partial charge in [-0.15, -0.1) is 0 Å². The lowest BCUT2D eigenvalue weighted by atomic mass is 10.1. The maximum atomic E-state index is 11.9. The van der Waals surface area contributed by atoms with Crippen molar-refractivity contribution in [3.8, 4) is 0 Å². The van der Waals surface area contributed by atoms with Crippen molar-refractivity contribution in [2.24, 2.45) is 0 Å². The van der Waals surface area contributed by atoms with Crippen LogP contribution in [-0.2, 0) is 9.53 Å². The van der Waals surface area contributed by atoms with E-state index in [0.717, 1.165) is 12.8 Å². The van der Waals surface area contributed by atoms with Crippen LogP contribution < -0.4 is 11.1 Å². The molecule has 2 rings (SSSR count). The third kappa shape index (κ3) is 3.38. The monoisotopic (exact) mass is 282 g/mol. The molecule has 6 heteroatoms. The normalized spacial score (nSPS) is 19.4. The number of nitrogens with two attached hydrogens (primary N) is 1. The lowest BCUT2D eigenvalue weighted by molar-refractivity contribution is -0.129. The molecule has 1 aliphatic rings. The fourth-order valence-corrected chi connectivity index (χ4v) is 2.06. The van der Waals surface area contributed by atoms with E-state index in [-0.39, 0.29) is 11.5 Å². The number of hydrogen-bond acceptors (Lipinski definition) is 4. The summed E-state index contributed by atoms with van der Waals surface area (Å²) >= 11 is 5.84. The van der Waals surface area contributed by atoms with Crippen LogP contribution in [0.4, 0.5) is 5.69 Å². The second-order valence-corrected chi connectivity index (χ2v) is 4.82. The van der Waals surface area contributed by atoms with Gasteiger partial charge in [0.05, 0.1) is 16.3 Å². The highest BCUT2D eigenvalue weighted by Gasteiger charge is 2.25. The molecular weight excluding hydrogens is 268 g/mol. The molecule has 1 aromatic carbocycles. The Morgan fingerprint density at radius 3 is 2.95 bits per heavy atom. The topological polar surface area (TPSA) is 81.4 Å². The summed E-state index contributed by atoms with van der Waals surface area (Å²) in [5.41, 5.74) is 6.25. The fraction of sp³-hybridized carbons (Fsp3) is 0.385. The number of hydrogen-bond donors (Lipinski definition) is 2. The molecular formula is C13H15ClN2O3. The Labute approximate surface area is 116 Å². The third-order valence-corrected chi connectivity index (χ3v) is 3.30. The highest BCUT2D eigenvalue weighted by Crippen LogP contribution is 2.21. The van der Waals surface area contributed by atoms with Gasteiger partial charge in [0.25, 0.3) is 5.91 Å². The number of carbonyl (C=O) groups excluding carboxylic acids is 2. The standard InChI is InChI=1S/C13H15ClN2O3/c14-9-7-8(4-5-10(9)15)13(18)19-11-3-1-2-6-16-12(11)17/h4-5,7,11H,1-3,6,15H2,(H,16,17). The maximum Gasteiger partial charge on any atom is 0.338 e. The Hall–Kier alpha value is -1.75. The van der Waals surface area contributed by atoms with Crippen molar-refractivity contribution in [1.29, 1.82) is 0 Å². The number of ether oxygens (including phenoxy) is 1. The van der Waals surface area contributed by atoms with Crippen LogP contribution in [0.5, 0.6) is 0 Å². The average Bonchev–Trinajstić information content (AvgIpc) is 2.58. The van der Waals surface area contributed by atoms with Crippen molar-refractivity contribution in [2.75, 3.05) is 12.3 Å². The molecule has 1 aliphatic heterocycles. The number of nitrogens with one attached hydrogen (secondary N) is 1. The first-order chi connectivity index (χ1) is 9.08. The first-order valence-electron chi connectivity index (χ1n) is 6.11. The van der Waals surface area contributed by atoms with E-state index in [1.54, 1.807) is 0 Å². The maximum absolute atomic E-state index is 11.9. The van der Waals surface area contributed by atoms with E-state index in [1.165, 1.54) is 18.2 Å². The molecule has 1 amide bonds. The Balaban J connectivity index is 2.07.